The second kappa shape index (κ2) is 11.2. The molecule has 0 fully saturated rings. The first kappa shape index (κ1) is 27.7. The lowest BCUT2D eigenvalue weighted by Crippen LogP contribution is -2.54. The summed E-state index contributed by atoms with van der Waals surface area (Å²) < 4.78 is 32.2. The van der Waals surface area contributed by atoms with Crippen LogP contribution in [0.1, 0.15) is 33.3 Å². The zero-order valence-corrected chi connectivity index (χ0v) is 22.7. The average Bonchev–Trinajstić information content (AvgIpc) is 2.74. The molecule has 1 N–H and O–H groups in total. The Hall–Kier alpha value is -2.59. The van der Waals surface area contributed by atoms with Crippen LogP contribution in [0.5, 0.6) is 5.75 Å². The van der Waals surface area contributed by atoms with Gasteiger partial charge in [-0.2, -0.15) is 0 Å². The highest BCUT2D eigenvalue weighted by Crippen LogP contribution is 2.22. The van der Waals surface area contributed by atoms with Crippen LogP contribution in [0.2, 0.25) is 0 Å². The quantitative estimate of drug-likeness (QED) is 0.512. The third kappa shape index (κ3) is 8.02. The topological polar surface area (TPSA) is 96.0 Å². The number of benzene rings is 2. The second-order valence-electron chi connectivity index (χ2n) is 9.03. The fourth-order valence-corrected chi connectivity index (χ4v) is 4.32. The number of hydrogen-bond acceptors (Lipinski definition) is 5. The fraction of sp³-hybridized carbons (Fsp3) is 0.417. The van der Waals surface area contributed by atoms with E-state index in [1.807, 2.05) is 45.0 Å². The number of amides is 2. The minimum atomic E-state index is -3.78. The number of carbonyl (C=O) groups is 2. The summed E-state index contributed by atoms with van der Waals surface area (Å²) in [6, 6.07) is 12.9. The van der Waals surface area contributed by atoms with Gasteiger partial charge in [0.15, 0.2) is 0 Å². The van der Waals surface area contributed by atoms with Crippen molar-refractivity contribution in [3.05, 3.63) is 58.6 Å². The first-order chi connectivity index (χ1) is 15.7. The Morgan fingerprint density at radius 2 is 1.62 bits per heavy atom. The highest BCUT2D eigenvalue weighted by atomic mass is 79.9. The largest absolute Gasteiger partial charge is 0.497 e. The predicted octanol–water partition coefficient (Wildman–Crippen LogP) is 3.56. The van der Waals surface area contributed by atoms with Crippen molar-refractivity contribution in [2.45, 2.75) is 45.8 Å². The summed E-state index contributed by atoms with van der Waals surface area (Å²) in [5.74, 6) is -0.262. The molecule has 2 aromatic carbocycles. The molecule has 0 radical (unpaired) electrons. The number of ether oxygens (including phenoxy) is 1. The van der Waals surface area contributed by atoms with Gasteiger partial charge in [0.05, 0.1) is 19.1 Å². The van der Waals surface area contributed by atoms with E-state index in [-0.39, 0.29) is 12.5 Å². The molecule has 34 heavy (non-hydrogen) atoms. The maximum atomic E-state index is 13.5. The van der Waals surface area contributed by atoms with E-state index >= 15 is 0 Å². The molecule has 0 saturated heterocycles. The minimum Gasteiger partial charge on any atom is -0.497 e. The first-order valence-corrected chi connectivity index (χ1v) is 13.3. The van der Waals surface area contributed by atoms with Crippen molar-refractivity contribution in [3.8, 4) is 5.75 Å². The molecular formula is C24H32BrN3O5S. The number of hydrogen-bond donors (Lipinski definition) is 1. The Bertz CT molecular complexity index is 1100. The van der Waals surface area contributed by atoms with Crippen molar-refractivity contribution in [2.75, 3.05) is 24.2 Å². The van der Waals surface area contributed by atoms with Crippen LogP contribution in [0.25, 0.3) is 0 Å². The number of anilines is 1. The summed E-state index contributed by atoms with van der Waals surface area (Å²) in [5.41, 5.74) is 0.647. The molecular weight excluding hydrogens is 522 g/mol. The lowest BCUT2D eigenvalue weighted by Gasteiger charge is -2.33. The lowest BCUT2D eigenvalue weighted by molar-refractivity contribution is -0.140. The number of halogens is 1. The van der Waals surface area contributed by atoms with E-state index in [0.29, 0.717) is 11.4 Å². The maximum Gasteiger partial charge on any atom is 0.244 e. The molecule has 0 aliphatic rings. The summed E-state index contributed by atoms with van der Waals surface area (Å²) in [6.45, 7) is 6.89. The summed E-state index contributed by atoms with van der Waals surface area (Å²) in [4.78, 5) is 27.8. The highest BCUT2D eigenvalue weighted by molar-refractivity contribution is 9.10. The molecule has 1 atom stereocenters. The van der Waals surface area contributed by atoms with E-state index in [4.69, 9.17) is 4.74 Å². The van der Waals surface area contributed by atoms with Gasteiger partial charge >= 0.3 is 0 Å². The summed E-state index contributed by atoms with van der Waals surface area (Å²) in [5, 5.41) is 2.89. The molecule has 0 saturated carbocycles. The average molecular weight is 555 g/mol. The van der Waals surface area contributed by atoms with E-state index < -0.39 is 34.1 Å². The van der Waals surface area contributed by atoms with Gasteiger partial charge in [0.25, 0.3) is 0 Å². The smallest absolute Gasteiger partial charge is 0.244 e. The monoisotopic (exact) mass is 553 g/mol. The van der Waals surface area contributed by atoms with Crippen LogP contribution in [0, 0.1) is 0 Å². The molecule has 2 amide bonds. The lowest BCUT2D eigenvalue weighted by atomic mass is 10.1. The summed E-state index contributed by atoms with van der Waals surface area (Å²) >= 11 is 3.39. The Kier molecular flexibility index (Phi) is 9.13. The van der Waals surface area contributed by atoms with Crippen molar-refractivity contribution in [2.24, 2.45) is 0 Å². The first-order valence-electron chi connectivity index (χ1n) is 10.7. The Balaban J connectivity index is 2.38. The molecule has 8 nitrogen and oxygen atoms in total. The van der Waals surface area contributed by atoms with E-state index in [9.17, 15) is 18.0 Å². The highest BCUT2D eigenvalue weighted by Gasteiger charge is 2.31. The number of rotatable bonds is 9. The van der Waals surface area contributed by atoms with Gasteiger partial charge in [-0.05, 0) is 69.7 Å². The van der Waals surface area contributed by atoms with Gasteiger partial charge in [-0.3, -0.25) is 13.9 Å². The van der Waals surface area contributed by atoms with E-state index in [0.717, 1.165) is 20.6 Å². The SMILES string of the molecule is COc1ccc(N(CC(=O)N(Cc2ccc(Br)cc2)[C@H](C)C(=O)NC(C)(C)C)S(C)(=O)=O)cc1. The third-order valence-electron chi connectivity index (χ3n) is 4.97. The molecule has 186 valence electrons. The summed E-state index contributed by atoms with van der Waals surface area (Å²) in [7, 11) is -2.27. The Morgan fingerprint density at radius 1 is 1.06 bits per heavy atom. The van der Waals surface area contributed by atoms with Crippen LogP contribution < -0.4 is 14.4 Å². The van der Waals surface area contributed by atoms with Gasteiger partial charge in [0, 0.05) is 16.6 Å². The molecule has 0 bridgehead atoms. The molecule has 0 aliphatic carbocycles. The zero-order valence-electron chi connectivity index (χ0n) is 20.3. The van der Waals surface area contributed by atoms with Gasteiger partial charge < -0.3 is 15.0 Å². The Morgan fingerprint density at radius 3 is 2.09 bits per heavy atom. The third-order valence-corrected chi connectivity index (χ3v) is 6.64. The van der Waals surface area contributed by atoms with E-state index in [1.165, 1.54) is 12.0 Å². The number of carbonyl (C=O) groups excluding carboxylic acids is 2. The van der Waals surface area contributed by atoms with Crippen molar-refractivity contribution < 1.29 is 22.7 Å². The standard InChI is InChI=1S/C24H32BrN3O5S/c1-17(23(30)26-24(2,3)4)27(15-18-7-9-19(25)10-8-18)22(29)16-28(34(6,31)32)20-11-13-21(33-5)14-12-20/h7-14,17H,15-16H2,1-6H3,(H,26,30)/t17-/m1/s1. The van der Waals surface area contributed by atoms with Crippen LogP contribution in [0.4, 0.5) is 5.69 Å². The molecule has 0 spiro atoms. The van der Waals surface area contributed by atoms with Crippen LogP contribution >= 0.6 is 15.9 Å². The molecule has 2 aromatic rings. The van der Waals surface area contributed by atoms with Crippen molar-refractivity contribution in [1.29, 1.82) is 0 Å². The van der Waals surface area contributed by atoms with Gasteiger partial charge in [0.1, 0.15) is 18.3 Å². The van der Waals surface area contributed by atoms with Crippen LogP contribution in [-0.4, -0.2) is 56.6 Å². The predicted molar refractivity (Wildman–Crippen MR) is 137 cm³/mol. The molecule has 0 aliphatic heterocycles. The molecule has 0 heterocycles. The van der Waals surface area contributed by atoms with Gasteiger partial charge in [-0.25, -0.2) is 8.42 Å². The molecule has 10 heteroatoms. The fourth-order valence-electron chi connectivity index (χ4n) is 3.21. The minimum absolute atomic E-state index is 0.144. The molecule has 0 aromatic heterocycles. The number of nitrogens with one attached hydrogen (secondary N) is 1. The number of nitrogens with zero attached hydrogens (tertiary/aromatic N) is 2. The normalized spacial score (nSPS) is 12.6. The van der Waals surface area contributed by atoms with E-state index in [1.54, 1.807) is 31.2 Å². The maximum absolute atomic E-state index is 13.5. The van der Waals surface area contributed by atoms with Gasteiger partial charge in [-0.1, -0.05) is 28.1 Å². The van der Waals surface area contributed by atoms with Crippen LogP contribution in [0.3, 0.4) is 0 Å². The number of methoxy groups -OCH3 is 1. The van der Waals surface area contributed by atoms with Crippen LogP contribution in [-0.2, 0) is 26.2 Å². The zero-order chi connectivity index (χ0) is 25.7. The van der Waals surface area contributed by atoms with Crippen molar-refractivity contribution in [3.63, 3.8) is 0 Å². The Labute approximate surface area is 210 Å². The summed E-state index contributed by atoms with van der Waals surface area (Å²) in [6.07, 6.45) is 1.04. The van der Waals surface area contributed by atoms with Crippen LogP contribution in [0.15, 0.2) is 53.0 Å². The second-order valence-corrected chi connectivity index (χ2v) is 11.9. The molecule has 2 rings (SSSR count). The van der Waals surface area contributed by atoms with Gasteiger partial charge in [0.2, 0.25) is 21.8 Å². The van der Waals surface area contributed by atoms with Crippen molar-refractivity contribution >= 4 is 43.5 Å². The number of sulfonamides is 1. The van der Waals surface area contributed by atoms with E-state index in [2.05, 4.69) is 21.2 Å². The van der Waals surface area contributed by atoms with Crippen molar-refractivity contribution in [1.82, 2.24) is 10.2 Å². The molecule has 0 unspecified atom stereocenters. The van der Waals surface area contributed by atoms with Gasteiger partial charge in [-0.15, -0.1) is 0 Å².